The van der Waals surface area contributed by atoms with E-state index in [1.807, 2.05) is 13.8 Å². The molecule has 10 nitrogen and oxygen atoms in total. The standard InChI is InChI=1S/C26H26N4O6S4/c1-7-29-21(31)13(11(5)27-25(29)33)23-37-17-15(35-9-3)19-20(16(36-10-4)18(17)38-23)40-24(39-19)14-12(6)28-26(34)30(8-2)22(14)32/h5-10H2,1-4H3,(H,27,33)(H,28,34). The fraction of sp³-hybridized carbons (Fsp3) is 0.308. The number of ether oxygens (including phenoxy) is 2. The number of nitrogens with one attached hydrogen (secondary N) is 2. The van der Waals surface area contributed by atoms with Crippen molar-refractivity contribution in [3.05, 3.63) is 62.8 Å². The zero-order valence-electron chi connectivity index (χ0n) is 22.2. The van der Waals surface area contributed by atoms with Crippen molar-refractivity contribution >= 4 is 68.7 Å². The molecule has 3 aromatic rings. The first kappa shape index (κ1) is 28.6. The molecule has 0 radical (unpaired) electrons. The van der Waals surface area contributed by atoms with Gasteiger partial charge < -0.3 is 19.4 Å². The summed E-state index contributed by atoms with van der Waals surface area (Å²) in [5.41, 5.74) is -1.81. The average Bonchev–Trinajstić information content (AvgIpc) is 3.51. The van der Waals surface area contributed by atoms with Crippen LogP contribution in [-0.2, 0) is 13.1 Å². The molecular weight excluding hydrogens is 593 g/mol. The number of benzene rings is 1. The van der Waals surface area contributed by atoms with Crippen molar-refractivity contribution in [3.8, 4) is 11.5 Å². The summed E-state index contributed by atoms with van der Waals surface area (Å²) < 4.78 is 16.0. The second-order valence-electron chi connectivity index (χ2n) is 8.49. The highest BCUT2D eigenvalue weighted by molar-refractivity contribution is 8.33. The summed E-state index contributed by atoms with van der Waals surface area (Å²) in [6.45, 7) is 16.3. The first-order valence-electron chi connectivity index (χ1n) is 12.5. The number of fused-ring (bicyclic) bond motifs is 2. The molecule has 0 atom stereocenters. The molecule has 0 spiro atoms. The summed E-state index contributed by atoms with van der Waals surface area (Å²) in [5.74, 6) is 1.24. The van der Waals surface area contributed by atoms with Crippen molar-refractivity contribution < 1.29 is 9.47 Å². The first-order valence-corrected chi connectivity index (χ1v) is 15.8. The van der Waals surface area contributed by atoms with E-state index in [4.69, 9.17) is 9.47 Å². The number of hydrogen-bond donors (Lipinski definition) is 2. The van der Waals surface area contributed by atoms with Crippen LogP contribution in [0.3, 0.4) is 0 Å². The molecule has 0 saturated heterocycles. The minimum absolute atomic E-state index is 0.227. The van der Waals surface area contributed by atoms with E-state index in [2.05, 4.69) is 23.1 Å². The van der Waals surface area contributed by atoms with Gasteiger partial charge >= 0.3 is 11.4 Å². The second-order valence-corrected chi connectivity index (χ2v) is 13.1. The summed E-state index contributed by atoms with van der Waals surface area (Å²) in [6, 6.07) is 0. The molecule has 0 aliphatic carbocycles. The molecule has 2 aliphatic rings. The minimum atomic E-state index is -0.499. The number of rotatable bonds is 6. The maximum Gasteiger partial charge on any atom is 0.328 e. The van der Waals surface area contributed by atoms with Gasteiger partial charge in [0.1, 0.15) is 11.5 Å². The number of aromatic amines is 2. The Labute approximate surface area is 244 Å². The van der Waals surface area contributed by atoms with E-state index in [0.29, 0.717) is 43.6 Å². The van der Waals surface area contributed by atoms with Gasteiger partial charge in [0.05, 0.1) is 51.7 Å². The van der Waals surface area contributed by atoms with Gasteiger partial charge in [0.15, 0.2) is 0 Å². The Kier molecular flexibility index (Phi) is 7.97. The molecule has 40 heavy (non-hydrogen) atoms. The Morgan fingerprint density at radius 3 is 1.23 bits per heavy atom. The maximum absolute atomic E-state index is 13.3. The highest BCUT2D eigenvalue weighted by Crippen LogP contribution is 2.68. The van der Waals surface area contributed by atoms with E-state index < -0.39 is 22.5 Å². The van der Waals surface area contributed by atoms with Crippen LogP contribution in [0.2, 0.25) is 0 Å². The fourth-order valence-electron chi connectivity index (χ4n) is 4.38. The Morgan fingerprint density at radius 2 is 0.950 bits per heavy atom. The van der Waals surface area contributed by atoms with Crippen molar-refractivity contribution in [2.24, 2.45) is 0 Å². The molecule has 0 saturated carbocycles. The third kappa shape index (κ3) is 4.50. The van der Waals surface area contributed by atoms with Crippen LogP contribution in [0.1, 0.15) is 27.7 Å². The molecule has 2 aromatic heterocycles. The van der Waals surface area contributed by atoms with Crippen molar-refractivity contribution in [1.82, 2.24) is 19.1 Å². The van der Waals surface area contributed by atoms with Crippen LogP contribution in [0.5, 0.6) is 11.5 Å². The van der Waals surface area contributed by atoms with E-state index >= 15 is 0 Å². The highest BCUT2D eigenvalue weighted by atomic mass is 32.2. The average molecular weight is 619 g/mol. The lowest BCUT2D eigenvalue weighted by Crippen LogP contribution is -2.53. The van der Waals surface area contributed by atoms with Crippen LogP contribution in [-0.4, -0.2) is 32.3 Å². The molecule has 210 valence electrons. The monoisotopic (exact) mass is 618 g/mol. The summed E-state index contributed by atoms with van der Waals surface area (Å²) in [6.07, 6.45) is 0. The molecular formula is C26H26N4O6S4. The number of hydrogen-bond acceptors (Lipinski definition) is 10. The molecule has 4 heterocycles. The number of aromatic nitrogens is 4. The van der Waals surface area contributed by atoms with Crippen LogP contribution < -0.4 is 53.1 Å². The normalized spacial score (nSPS) is 14.0. The van der Waals surface area contributed by atoms with Gasteiger partial charge in [-0.1, -0.05) is 60.2 Å². The van der Waals surface area contributed by atoms with Gasteiger partial charge in [-0.2, -0.15) is 0 Å². The van der Waals surface area contributed by atoms with Gasteiger partial charge in [-0.25, -0.2) is 9.59 Å². The first-order chi connectivity index (χ1) is 19.2. The summed E-state index contributed by atoms with van der Waals surface area (Å²) in [7, 11) is 0. The Hall–Kier alpha value is -2.94. The Balaban J connectivity index is 1.80. The summed E-state index contributed by atoms with van der Waals surface area (Å²) >= 11 is 5.47. The molecule has 14 heteroatoms. The van der Waals surface area contributed by atoms with E-state index in [1.54, 1.807) is 13.8 Å². The molecule has 2 aliphatic heterocycles. The SMILES string of the molecule is C=c1[nH]c(=O)n(CC)c(=O)c1=C1Sc2c(OCC)c3c(c(OCC)c2S1)SC(=c1c(=C)[nH]c(=O)n(CC)c1=O)S3. The molecule has 0 amide bonds. The van der Waals surface area contributed by atoms with Crippen LogP contribution >= 0.6 is 47.0 Å². The third-order valence-corrected chi connectivity index (χ3v) is 11.4. The van der Waals surface area contributed by atoms with Crippen molar-refractivity contribution in [1.29, 1.82) is 0 Å². The lowest BCUT2D eigenvalue weighted by molar-refractivity contribution is 0.300. The lowest BCUT2D eigenvalue weighted by atomic mass is 10.3. The molecule has 0 bridgehead atoms. The number of thioether (sulfide) groups is 4. The van der Waals surface area contributed by atoms with Crippen molar-refractivity contribution in [2.75, 3.05) is 13.2 Å². The quantitative estimate of drug-likeness (QED) is 0.413. The Bertz CT molecular complexity index is 1860. The van der Waals surface area contributed by atoms with Gasteiger partial charge in [-0.15, -0.1) is 0 Å². The molecule has 0 fully saturated rings. The van der Waals surface area contributed by atoms with Crippen LogP contribution in [0.15, 0.2) is 38.8 Å². The zero-order chi connectivity index (χ0) is 28.9. The Morgan fingerprint density at radius 1 is 0.625 bits per heavy atom. The van der Waals surface area contributed by atoms with E-state index in [-0.39, 0.29) is 23.8 Å². The fourth-order valence-corrected chi connectivity index (χ4v) is 10.1. The molecule has 2 N–H and O–H groups in total. The smallest absolute Gasteiger partial charge is 0.328 e. The van der Waals surface area contributed by atoms with Gasteiger partial charge in [0.25, 0.3) is 11.1 Å². The molecule has 5 rings (SSSR count). The molecule has 0 unspecified atom stereocenters. The zero-order valence-corrected chi connectivity index (χ0v) is 25.5. The topological polar surface area (TPSA) is 128 Å². The van der Waals surface area contributed by atoms with Crippen molar-refractivity contribution in [3.63, 3.8) is 0 Å². The van der Waals surface area contributed by atoms with E-state index in [9.17, 15) is 19.2 Å². The van der Waals surface area contributed by atoms with Crippen LogP contribution in [0, 0.1) is 0 Å². The highest BCUT2D eigenvalue weighted by Gasteiger charge is 2.37. The second kappa shape index (κ2) is 11.1. The van der Waals surface area contributed by atoms with Crippen LogP contribution in [0.4, 0.5) is 0 Å². The minimum Gasteiger partial charge on any atom is -0.491 e. The van der Waals surface area contributed by atoms with Gasteiger partial charge in [0, 0.05) is 23.8 Å². The maximum atomic E-state index is 13.3. The number of nitrogens with zero attached hydrogens (tertiary/aromatic N) is 2. The third-order valence-electron chi connectivity index (χ3n) is 6.16. The molecule has 1 aromatic carbocycles. The van der Waals surface area contributed by atoms with Crippen molar-refractivity contribution in [2.45, 2.75) is 60.4 Å². The van der Waals surface area contributed by atoms with E-state index in [0.717, 1.165) is 28.7 Å². The largest absolute Gasteiger partial charge is 0.491 e. The van der Waals surface area contributed by atoms with Gasteiger partial charge in [-0.3, -0.25) is 18.7 Å². The van der Waals surface area contributed by atoms with Crippen LogP contribution in [0.25, 0.3) is 21.6 Å². The van der Waals surface area contributed by atoms with E-state index in [1.165, 1.54) is 47.0 Å². The van der Waals surface area contributed by atoms with Gasteiger partial charge in [0.2, 0.25) is 0 Å². The predicted octanol–water partition coefficient (Wildman–Crippen LogP) is 0.972. The summed E-state index contributed by atoms with van der Waals surface area (Å²) in [5, 5.41) is 1.16. The summed E-state index contributed by atoms with van der Waals surface area (Å²) in [4.78, 5) is 59.6. The van der Waals surface area contributed by atoms with Gasteiger partial charge in [-0.05, 0) is 27.7 Å². The lowest BCUT2D eigenvalue weighted by Gasteiger charge is -2.16. The predicted molar refractivity (Wildman–Crippen MR) is 163 cm³/mol. The number of H-pyrrole nitrogens is 2.